The van der Waals surface area contributed by atoms with E-state index in [1.165, 1.54) is 5.56 Å². The van der Waals surface area contributed by atoms with Gasteiger partial charge in [-0.25, -0.2) is 4.98 Å². The third-order valence-electron chi connectivity index (χ3n) is 6.85. The van der Waals surface area contributed by atoms with E-state index in [2.05, 4.69) is 37.8 Å². The number of morpholine rings is 1. The Labute approximate surface area is 157 Å². The van der Waals surface area contributed by atoms with Crippen LogP contribution < -0.4 is 16.4 Å². The second-order valence-electron chi connectivity index (χ2n) is 9.08. The van der Waals surface area contributed by atoms with Crippen molar-refractivity contribution in [3.05, 3.63) is 23.4 Å². The highest BCUT2D eigenvalue weighted by atomic mass is 16.5. The molecule has 1 aromatic heterocycles. The second kappa shape index (κ2) is 6.47. The summed E-state index contributed by atoms with van der Waals surface area (Å²) in [5.41, 5.74) is 15.3. The third-order valence-corrected chi connectivity index (χ3v) is 6.85. The quantitative estimate of drug-likeness (QED) is 0.865. The van der Waals surface area contributed by atoms with E-state index in [9.17, 15) is 0 Å². The summed E-state index contributed by atoms with van der Waals surface area (Å²) >= 11 is 0. The van der Waals surface area contributed by atoms with E-state index >= 15 is 0 Å². The van der Waals surface area contributed by atoms with E-state index in [-0.39, 0.29) is 5.54 Å². The Bertz CT molecular complexity index is 650. The zero-order valence-corrected chi connectivity index (χ0v) is 16.5. The van der Waals surface area contributed by atoms with Gasteiger partial charge >= 0.3 is 0 Å². The molecule has 1 spiro atoms. The molecule has 1 aliphatic heterocycles. The molecule has 0 unspecified atom stereocenters. The minimum atomic E-state index is -0.210. The lowest BCUT2D eigenvalue weighted by atomic mass is 9.46. The summed E-state index contributed by atoms with van der Waals surface area (Å²) in [6.07, 6.45) is 7.07. The van der Waals surface area contributed by atoms with Gasteiger partial charge in [-0.3, -0.25) is 0 Å². The van der Waals surface area contributed by atoms with Gasteiger partial charge in [0.05, 0.1) is 12.2 Å². The summed E-state index contributed by atoms with van der Waals surface area (Å²) in [5.74, 6) is 1.06. The van der Waals surface area contributed by atoms with E-state index in [1.54, 1.807) is 0 Å². The third kappa shape index (κ3) is 3.04. The Kier molecular flexibility index (Phi) is 4.53. The highest BCUT2D eigenvalue weighted by molar-refractivity contribution is 5.45. The molecule has 0 bridgehead atoms. The Morgan fingerprint density at radius 2 is 1.77 bits per heavy atom. The van der Waals surface area contributed by atoms with E-state index in [4.69, 9.17) is 21.2 Å². The van der Waals surface area contributed by atoms with Crippen LogP contribution in [0, 0.1) is 12.3 Å². The highest BCUT2D eigenvalue weighted by Crippen LogP contribution is 2.62. The number of hydrogen-bond donors (Lipinski definition) is 2. The standard InChI is InChI=1S/C21H34N4O/c1-4-16-10-25(11-17(5-2)26-16)19-7-6-18(14(3)24-19)21(23)12-20(13-21)8-15(22)9-20/h6-7,15-17H,4-5,8-13,22-23H2,1-3H3/t15?,16-,17+,20?,21?. The number of ether oxygens (including phenoxy) is 1. The van der Waals surface area contributed by atoms with E-state index in [0.29, 0.717) is 23.7 Å². The van der Waals surface area contributed by atoms with Gasteiger partial charge in [-0.2, -0.15) is 0 Å². The number of nitrogens with zero attached hydrogens (tertiary/aromatic N) is 2. The van der Waals surface area contributed by atoms with Crippen molar-refractivity contribution in [2.45, 2.75) is 83.1 Å². The number of pyridine rings is 1. The smallest absolute Gasteiger partial charge is 0.128 e. The van der Waals surface area contributed by atoms with Gasteiger partial charge < -0.3 is 21.1 Å². The van der Waals surface area contributed by atoms with Crippen LogP contribution in [0.4, 0.5) is 5.82 Å². The fraction of sp³-hybridized carbons (Fsp3) is 0.762. The molecule has 3 fully saturated rings. The normalized spacial score (nSPS) is 39.6. The van der Waals surface area contributed by atoms with Crippen molar-refractivity contribution < 1.29 is 4.74 Å². The minimum absolute atomic E-state index is 0.210. The average Bonchev–Trinajstić information content (AvgIpc) is 2.58. The number of aryl methyl sites for hydroxylation is 1. The first kappa shape index (κ1) is 18.2. The molecular formula is C21H34N4O. The molecular weight excluding hydrogens is 324 g/mol. The first-order valence-electron chi connectivity index (χ1n) is 10.3. The Hall–Kier alpha value is -1.17. The van der Waals surface area contributed by atoms with Gasteiger partial charge in [0.15, 0.2) is 0 Å². The minimum Gasteiger partial charge on any atom is -0.371 e. The molecule has 2 aliphatic carbocycles. The summed E-state index contributed by atoms with van der Waals surface area (Å²) < 4.78 is 6.12. The monoisotopic (exact) mass is 358 g/mol. The molecule has 4 N–H and O–H groups in total. The van der Waals surface area contributed by atoms with Crippen LogP contribution in [0.5, 0.6) is 0 Å². The summed E-state index contributed by atoms with van der Waals surface area (Å²) in [6, 6.07) is 4.78. The molecule has 26 heavy (non-hydrogen) atoms. The molecule has 4 rings (SSSR count). The zero-order valence-electron chi connectivity index (χ0n) is 16.5. The van der Waals surface area contributed by atoms with Crippen molar-refractivity contribution in [2.75, 3.05) is 18.0 Å². The first-order chi connectivity index (χ1) is 12.4. The molecule has 5 nitrogen and oxygen atoms in total. The maximum absolute atomic E-state index is 6.76. The summed E-state index contributed by atoms with van der Waals surface area (Å²) in [6.45, 7) is 8.35. The lowest BCUT2D eigenvalue weighted by molar-refractivity contribution is -0.0594. The number of anilines is 1. The van der Waals surface area contributed by atoms with Crippen molar-refractivity contribution >= 4 is 5.82 Å². The van der Waals surface area contributed by atoms with Gasteiger partial charge in [0.1, 0.15) is 5.82 Å². The number of rotatable bonds is 4. The van der Waals surface area contributed by atoms with Crippen molar-refractivity contribution in [1.82, 2.24) is 4.98 Å². The van der Waals surface area contributed by atoms with E-state index in [0.717, 1.165) is 63.1 Å². The summed E-state index contributed by atoms with van der Waals surface area (Å²) in [5, 5.41) is 0. The van der Waals surface area contributed by atoms with E-state index < -0.39 is 0 Å². The fourth-order valence-corrected chi connectivity index (χ4v) is 5.63. The van der Waals surface area contributed by atoms with Crippen LogP contribution in [0.25, 0.3) is 0 Å². The van der Waals surface area contributed by atoms with E-state index in [1.807, 2.05) is 0 Å². The van der Waals surface area contributed by atoms with Gasteiger partial charge in [0.2, 0.25) is 0 Å². The van der Waals surface area contributed by atoms with Crippen LogP contribution in [-0.4, -0.2) is 36.3 Å². The van der Waals surface area contributed by atoms with Crippen LogP contribution in [0.15, 0.2) is 12.1 Å². The Morgan fingerprint density at radius 3 is 2.27 bits per heavy atom. The largest absolute Gasteiger partial charge is 0.371 e. The second-order valence-corrected chi connectivity index (χ2v) is 9.08. The number of nitrogens with two attached hydrogens (primary N) is 2. The molecule has 5 heteroatoms. The van der Waals surface area contributed by atoms with Crippen molar-refractivity contribution in [3.8, 4) is 0 Å². The van der Waals surface area contributed by atoms with Crippen molar-refractivity contribution in [3.63, 3.8) is 0 Å². The molecule has 1 aromatic rings. The van der Waals surface area contributed by atoms with Crippen molar-refractivity contribution in [2.24, 2.45) is 16.9 Å². The molecule has 3 aliphatic rings. The van der Waals surface area contributed by atoms with Crippen LogP contribution in [-0.2, 0) is 10.3 Å². The highest BCUT2D eigenvalue weighted by Gasteiger charge is 2.58. The lowest BCUT2D eigenvalue weighted by Gasteiger charge is -2.62. The van der Waals surface area contributed by atoms with Crippen molar-refractivity contribution in [1.29, 1.82) is 0 Å². The number of hydrogen-bond acceptors (Lipinski definition) is 5. The Balaban J connectivity index is 1.49. The molecule has 2 saturated carbocycles. The molecule has 2 heterocycles. The topological polar surface area (TPSA) is 77.4 Å². The van der Waals surface area contributed by atoms with Crippen LogP contribution in [0.1, 0.15) is 63.6 Å². The molecule has 1 saturated heterocycles. The Morgan fingerprint density at radius 1 is 1.15 bits per heavy atom. The predicted molar refractivity (Wildman–Crippen MR) is 105 cm³/mol. The van der Waals surface area contributed by atoms with Gasteiger partial charge in [0, 0.05) is 30.4 Å². The molecule has 0 aromatic carbocycles. The van der Waals surface area contributed by atoms with Gasteiger partial charge in [0.25, 0.3) is 0 Å². The maximum atomic E-state index is 6.76. The maximum Gasteiger partial charge on any atom is 0.128 e. The van der Waals surface area contributed by atoms with Crippen LogP contribution >= 0.6 is 0 Å². The SMILES string of the molecule is CC[C@@H]1CN(c2ccc(C3(N)CC4(CC(N)C4)C3)c(C)n2)C[C@H](CC)O1. The first-order valence-corrected chi connectivity index (χ1v) is 10.3. The van der Waals surface area contributed by atoms with Gasteiger partial charge in [-0.1, -0.05) is 19.9 Å². The van der Waals surface area contributed by atoms with Gasteiger partial charge in [-0.15, -0.1) is 0 Å². The molecule has 144 valence electrons. The summed E-state index contributed by atoms with van der Waals surface area (Å²) in [4.78, 5) is 7.34. The zero-order chi connectivity index (χ0) is 18.5. The van der Waals surface area contributed by atoms with Crippen LogP contribution in [0.3, 0.4) is 0 Å². The van der Waals surface area contributed by atoms with Crippen LogP contribution in [0.2, 0.25) is 0 Å². The fourth-order valence-electron chi connectivity index (χ4n) is 5.63. The average molecular weight is 359 g/mol. The molecule has 0 amide bonds. The molecule has 0 radical (unpaired) electrons. The lowest BCUT2D eigenvalue weighted by Crippen LogP contribution is -2.63. The molecule has 2 atom stereocenters. The predicted octanol–water partition coefficient (Wildman–Crippen LogP) is 2.84. The van der Waals surface area contributed by atoms with Gasteiger partial charge in [-0.05, 0) is 62.5 Å². The summed E-state index contributed by atoms with van der Waals surface area (Å²) in [7, 11) is 0. The number of aromatic nitrogens is 1.